The van der Waals surface area contributed by atoms with Crippen molar-refractivity contribution < 1.29 is 9.31 Å². The van der Waals surface area contributed by atoms with Crippen LogP contribution >= 0.6 is 15.9 Å². The van der Waals surface area contributed by atoms with E-state index in [1.165, 1.54) is 10.7 Å². The minimum Gasteiger partial charge on any atom is -0.258 e. The lowest BCUT2D eigenvalue weighted by Gasteiger charge is -2.00. The first-order chi connectivity index (χ1) is 8.49. The van der Waals surface area contributed by atoms with Crippen molar-refractivity contribution >= 4 is 21.6 Å². The predicted octanol–water partition coefficient (Wildman–Crippen LogP) is 2.77. The van der Waals surface area contributed by atoms with Crippen LogP contribution in [-0.2, 0) is 0 Å². The van der Waals surface area contributed by atoms with Gasteiger partial charge in [-0.25, -0.2) is 4.68 Å². The highest BCUT2D eigenvalue weighted by atomic mass is 79.9. The number of halogens is 2. The van der Waals surface area contributed by atoms with Crippen LogP contribution in [-0.4, -0.2) is 19.9 Å². The van der Waals surface area contributed by atoms with Gasteiger partial charge in [-0.05, 0) is 13.0 Å². The third-order valence-electron chi connectivity index (χ3n) is 2.31. The number of nitrogens with zero attached hydrogens (tertiary/aromatic N) is 4. The Hall–Kier alpha value is -1.83. The molecule has 1 heterocycles. The van der Waals surface area contributed by atoms with E-state index in [2.05, 4.69) is 26.2 Å². The molecule has 0 aliphatic rings. The van der Waals surface area contributed by atoms with Crippen LogP contribution in [0, 0.1) is 15.9 Å². The second-order valence-corrected chi connectivity index (χ2v) is 4.97. The number of aromatic nitrogens is 3. The topological polar surface area (TPSA) is 73.8 Å². The summed E-state index contributed by atoms with van der Waals surface area (Å²) in [6.07, 6.45) is 1.63. The van der Waals surface area contributed by atoms with E-state index in [0.717, 1.165) is 12.1 Å². The number of benzene rings is 1. The van der Waals surface area contributed by atoms with Crippen molar-refractivity contribution in [3.05, 3.63) is 46.0 Å². The van der Waals surface area contributed by atoms with Crippen LogP contribution in [0.1, 0.15) is 17.4 Å². The first-order valence-corrected chi connectivity index (χ1v) is 5.91. The van der Waals surface area contributed by atoms with E-state index in [1.54, 1.807) is 6.20 Å². The highest BCUT2D eigenvalue weighted by molar-refractivity contribution is 9.09. The molecule has 0 saturated heterocycles. The SMILES string of the molecule is CC(Br)c1cn(-c2ccc([N+](=O)[O-])c(F)c2)nn1. The van der Waals surface area contributed by atoms with E-state index < -0.39 is 16.4 Å². The maximum atomic E-state index is 13.4. The fourth-order valence-electron chi connectivity index (χ4n) is 1.37. The van der Waals surface area contributed by atoms with Crippen LogP contribution in [0.25, 0.3) is 5.69 Å². The molecule has 1 atom stereocenters. The lowest BCUT2D eigenvalue weighted by Crippen LogP contribution is -1.98. The Morgan fingerprint density at radius 1 is 1.56 bits per heavy atom. The molecular weight excluding hydrogens is 307 g/mol. The summed E-state index contributed by atoms with van der Waals surface area (Å²) in [5.74, 6) is -0.901. The van der Waals surface area contributed by atoms with Crippen molar-refractivity contribution in [2.24, 2.45) is 0 Å². The van der Waals surface area contributed by atoms with Crippen molar-refractivity contribution in [2.45, 2.75) is 11.8 Å². The van der Waals surface area contributed by atoms with E-state index in [0.29, 0.717) is 11.4 Å². The second kappa shape index (κ2) is 4.81. The molecule has 94 valence electrons. The number of alkyl halides is 1. The van der Waals surface area contributed by atoms with Crippen LogP contribution in [0.5, 0.6) is 0 Å². The van der Waals surface area contributed by atoms with Gasteiger partial charge >= 0.3 is 5.69 Å². The summed E-state index contributed by atoms with van der Waals surface area (Å²) >= 11 is 3.33. The summed E-state index contributed by atoms with van der Waals surface area (Å²) in [6, 6.07) is 3.57. The van der Waals surface area contributed by atoms with E-state index in [1.807, 2.05) is 6.92 Å². The molecule has 0 aliphatic carbocycles. The minimum atomic E-state index is -0.901. The van der Waals surface area contributed by atoms with Crippen LogP contribution in [0.2, 0.25) is 0 Å². The molecule has 1 aromatic carbocycles. The Balaban J connectivity index is 2.39. The molecule has 6 nitrogen and oxygen atoms in total. The van der Waals surface area contributed by atoms with E-state index in [9.17, 15) is 14.5 Å². The molecule has 0 amide bonds. The molecule has 0 spiro atoms. The van der Waals surface area contributed by atoms with Gasteiger partial charge in [0.2, 0.25) is 5.82 Å². The van der Waals surface area contributed by atoms with Gasteiger partial charge < -0.3 is 0 Å². The molecule has 1 unspecified atom stereocenters. The van der Waals surface area contributed by atoms with Gasteiger partial charge in [-0.3, -0.25) is 10.1 Å². The molecule has 0 radical (unpaired) electrons. The molecule has 0 bridgehead atoms. The van der Waals surface area contributed by atoms with Crippen molar-refractivity contribution in [3.63, 3.8) is 0 Å². The molecule has 2 rings (SSSR count). The second-order valence-electron chi connectivity index (χ2n) is 3.60. The molecule has 18 heavy (non-hydrogen) atoms. The van der Waals surface area contributed by atoms with Crippen molar-refractivity contribution in [1.29, 1.82) is 0 Å². The fourth-order valence-corrected chi connectivity index (χ4v) is 1.58. The standard InChI is InChI=1S/C10H8BrFN4O2/c1-6(11)9-5-15(14-13-9)7-2-3-10(16(17)18)8(12)4-7/h2-6H,1H3. The van der Waals surface area contributed by atoms with Gasteiger partial charge in [0.1, 0.15) is 0 Å². The quantitative estimate of drug-likeness (QED) is 0.496. The first-order valence-electron chi connectivity index (χ1n) is 4.99. The molecule has 0 saturated carbocycles. The van der Waals surface area contributed by atoms with E-state index in [-0.39, 0.29) is 4.83 Å². The average molecular weight is 315 g/mol. The maximum Gasteiger partial charge on any atom is 0.304 e. The smallest absolute Gasteiger partial charge is 0.258 e. The Morgan fingerprint density at radius 3 is 2.78 bits per heavy atom. The normalized spacial score (nSPS) is 12.4. The van der Waals surface area contributed by atoms with E-state index in [4.69, 9.17) is 0 Å². The summed E-state index contributed by atoms with van der Waals surface area (Å²) in [4.78, 5) is 9.74. The highest BCUT2D eigenvalue weighted by Gasteiger charge is 2.15. The van der Waals surface area contributed by atoms with E-state index >= 15 is 0 Å². The molecule has 0 fully saturated rings. The largest absolute Gasteiger partial charge is 0.304 e. The van der Waals surface area contributed by atoms with Gasteiger partial charge in [0.15, 0.2) is 0 Å². The van der Waals surface area contributed by atoms with Gasteiger partial charge in [-0.1, -0.05) is 21.1 Å². The zero-order valence-electron chi connectivity index (χ0n) is 9.25. The molecule has 0 N–H and O–H groups in total. The first kappa shape index (κ1) is 12.6. The monoisotopic (exact) mass is 314 g/mol. The van der Waals surface area contributed by atoms with Crippen LogP contribution in [0.3, 0.4) is 0 Å². The van der Waals surface area contributed by atoms with Crippen LogP contribution < -0.4 is 0 Å². The number of nitro benzene ring substituents is 1. The Kier molecular flexibility index (Phi) is 3.37. The number of hydrogen-bond acceptors (Lipinski definition) is 4. The van der Waals surface area contributed by atoms with Gasteiger partial charge in [-0.15, -0.1) is 5.10 Å². The molecule has 2 aromatic rings. The minimum absolute atomic E-state index is 0.0224. The van der Waals surface area contributed by atoms with Crippen molar-refractivity contribution in [2.75, 3.05) is 0 Å². The van der Waals surface area contributed by atoms with Crippen molar-refractivity contribution in [3.8, 4) is 5.69 Å². The molecular formula is C10H8BrFN4O2. The number of hydrogen-bond donors (Lipinski definition) is 0. The van der Waals surface area contributed by atoms with Crippen LogP contribution in [0.4, 0.5) is 10.1 Å². The lowest BCUT2D eigenvalue weighted by molar-refractivity contribution is -0.387. The zero-order valence-corrected chi connectivity index (χ0v) is 10.8. The lowest BCUT2D eigenvalue weighted by atomic mass is 10.2. The third kappa shape index (κ3) is 2.37. The molecule has 1 aromatic heterocycles. The zero-order chi connectivity index (χ0) is 13.3. The third-order valence-corrected chi connectivity index (χ3v) is 2.78. The summed E-state index contributed by atoms with van der Waals surface area (Å²) in [6.45, 7) is 1.88. The van der Waals surface area contributed by atoms with Gasteiger partial charge in [-0.2, -0.15) is 4.39 Å². The highest BCUT2D eigenvalue weighted by Crippen LogP contribution is 2.22. The Labute approximate surface area is 110 Å². The predicted molar refractivity (Wildman–Crippen MR) is 65.3 cm³/mol. The summed E-state index contributed by atoms with van der Waals surface area (Å²) in [7, 11) is 0. The summed E-state index contributed by atoms with van der Waals surface area (Å²) in [5, 5.41) is 18.2. The summed E-state index contributed by atoms with van der Waals surface area (Å²) in [5.41, 5.74) is 0.506. The molecule has 8 heteroatoms. The average Bonchev–Trinajstić information content (AvgIpc) is 2.77. The Bertz CT molecular complexity index is 599. The van der Waals surface area contributed by atoms with Gasteiger partial charge in [0, 0.05) is 12.1 Å². The fraction of sp³-hybridized carbons (Fsp3) is 0.200. The number of rotatable bonds is 3. The maximum absolute atomic E-state index is 13.4. The Morgan fingerprint density at radius 2 is 2.28 bits per heavy atom. The molecule has 0 aliphatic heterocycles. The number of nitro groups is 1. The van der Waals surface area contributed by atoms with Crippen LogP contribution in [0.15, 0.2) is 24.4 Å². The summed E-state index contributed by atoms with van der Waals surface area (Å²) < 4.78 is 14.8. The van der Waals surface area contributed by atoms with Gasteiger partial charge in [0.05, 0.1) is 27.3 Å². The van der Waals surface area contributed by atoms with Crippen molar-refractivity contribution in [1.82, 2.24) is 15.0 Å². The van der Waals surface area contributed by atoms with Gasteiger partial charge in [0.25, 0.3) is 0 Å².